The van der Waals surface area contributed by atoms with Crippen molar-refractivity contribution in [1.82, 2.24) is 4.72 Å². The number of benzene rings is 1. The van der Waals surface area contributed by atoms with Gasteiger partial charge in [0.2, 0.25) is 0 Å². The molecular weight excluding hydrogens is 276 g/mol. The summed E-state index contributed by atoms with van der Waals surface area (Å²) in [5.41, 5.74) is -0.194. The smallest absolute Gasteiger partial charge is 0.263 e. The maximum absolute atomic E-state index is 11.9. The largest absolute Gasteiger partial charge is 0.388 e. The molecule has 0 aromatic heterocycles. The zero-order valence-corrected chi connectivity index (χ0v) is 12.0. The van der Waals surface area contributed by atoms with Crippen molar-refractivity contribution in [2.75, 3.05) is 6.54 Å². The summed E-state index contributed by atoms with van der Waals surface area (Å²) >= 11 is 0. The first-order chi connectivity index (χ1) is 9.50. The lowest BCUT2D eigenvalue weighted by molar-refractivity contribution is 0.0132. The van der Waals surface area contributed by atoms with Crippen molar-refractivity contribution in [1.29, 1.82) is 0 Å². The Morgan fingerprint density at radius 2 is 1.90 bits per heavy atom. The lowest BCUT2D eigenvalue weighted by atomic mass is 9.85. The summed E-state index contributed by atoms with van der Waals surface area (Å²) in [4.78, 5) is 4.59. The number of fused-ring (bicyclic) bond motifs is 1. The van der Waals surface area contributed by atoms with Gasteiger partial charge >= 0.3 is 0 Å². The van der Waals surface area contributed by atoms with E-state index in [4.69, 9.17) is 0 Å². The number of hydrogen-bond acceptors (Lipinski definition) is 4. The second-order valence-electron chi connectivity index (χ2n) is 5.55. The van der Waals surface area contributed by atoms with E-state index in [2.05, 4.69) is 9.71 Å². The second kappa shape index (κ2) is 4.86. The van der Waals surface area contributed by atoms with Gasteiger partial charge in [-0.05, 0) is 25.0 Å². The molecule has 2 N–H and O–H groups in total. The SMILES string of the molecule is O=S1(=O)NC(=NCC2(O)CCCCC2)c2ccccc21. The molecule has 0 saturated heterocycles. The van der Waals surface area contributed by atoms with Crippen LogP contribution in [-0.4, -0.2) is 31.5 Å². The molecule has 6 heteroatoms. The number of nitrogens with zero attached hydrogens (tertiary/aromatic N) is 1. The van der Waals surface area contributed by atoms with Gasteiger partial charge in [-0.15, -0.1) is 0 Å². The van der Waals surface area contributed by atoms with Crippen LogP contribution in [0.25, 0.3) is 0 Å². The van der Waals surface area contributed by atoms with Crippen LogP contribution in [-0.2, 0) is 10.0 Å². The van der Waals surface area contributed by atoms with E-state index in [9.17, 15) is 13.5 Å². The summed E-state index contributed by atoms with van der Waals surface area (Å²) in [5.74, 6) is 0.347. The molecule has 0 radical (unpaired) electrons. The molecule has 1 aliphatic heterocycles. The summed E-state index contributed by atoms with van der Waals surface area (Å²) in [7, 11) is -3.49. The third-order valence-electron chi connectivity index (χ3n) is 3.98. The third-order valence-corrected chi connectivity index (χ3v) is 5.38. The van der Waals surface area contributed by atoms with Crippen LogP contribution < -0.4 is 4.72 Å². The summed E-state index contributed by atoms with van der Waals surface area (Å²) in [6, 6.07) is 6.77. The fourth-order valence-electron chi connectivity index (χ4n) is 2.85. The van der Waals surface area contributed by atoms with Crippen LogP contribution in [0.3, 0.4) is 0 Å². The Hall–Kier alpha value is -1.40. The van der Waals surface area contributed by atoms with E-state index in [1.54, 1.807) is 24.3 Å². The van der Waals surface area contributed by atoms with Crippen LogP contribution in [0.4, 0.5) is 0 Å². The molecule has 1 saturated carbocycles. The average molecular weight is 294 g/mol. The normalized spacial score (nSPS) is 25.1. The average Bonchev–Trinajstić information content (AvgIpc) is 2.70. The molecule has 1 aromatic carbocycles. The predicted molar refractivity (Wildman–Crippen MR) is 76.2 cm³/mol. The lowest BCUT2D eigenvalue weighted by Crippen LogP contribution is -2.36. The molecule has 5 nitrogen and oxygen atoms in total. The number of aliphatic hydroxyl groups is 1. The molecule has 1 aromatic rings. The van der Waals surface area contributed by atoms with E-state index in [1.165, 1.54) is 0 Å². The maximum Gasteiger partial charge on any atom is 0.263 e. The molecule has 0 unspecified atom stereocenters. The highest BCUT2D eigenvalue weighted by Crippen LogP contribution is 2.29. The molecule has 1 aliphatic carbocycles. The highest BCUT2D eigenvalue weighted by molar-refractivity contribution is 7.90. The molecule has 20 heavy (non-hydrogen) atoms. The topological polar surface area (TPSA) is 78.8 Å². The Kier molecular flexibility index (Phi) is 3.30. The predicted octanol–water partition coefficient (Wildman–Crippen LogP) is 1.42. The maximum atomic E-state index is 11.9. The van der Waals surface area contributed by atoms with Crippen molar-refractivity contribution in [2.45, 2.75) is 42.6 Å². The number of amidine groups is 1. The fourth-order valence-corrected chi connectivity index (χ4v) is 4.10. The minimum Gasteiger partial charge on any atom is -0.388 e. The number of nitrogens with one attached hydrogen (secondary N) is 1. The van der Waals surface area contributed by atoms with Gasteiger partial charge in [-0.2, -0.15) is 0 Å². The zero-order valence-electron chi connectivity index (χ0n) is 11.2. The first-order valence-corrected chi connectivity index (χ1v) is 8.38. The van der Waals surface area contributed by atoms with Gasteiger partial charge < -0.3 is 5.11 Å². The Balaban J connectivity index is 1.87. The number of aliphatic imine (C=N–C) groups is 1. The van der Waals surface area contributed by atoms with Crippen molar-refractivity contribution in [3.63, 3.8) is 0 Å². The van der Waals surface area contributed by atoms with E-state index in [1.807, 2.05) is 0 Å². The van der Waals surface area contributed by atoms with E-state index in [-0.39, 0.29) is 11.4 Å². The Bertz CT molecular complexity index is 646. The molecule has 3 rings (SSSR count). The minimum atomic E-state index is -3.49. The molecule has 1 fully saturated rings. The summed E-state index contributed by atoms with van der Waals surface area (Å²) in [6.45, 7) is 0.249. The van der Waals surface area contributed by atoms with Crippen LogP contribution in [0.5, 0.6) is 0 Å². The van der Waals surface area contributed by atoms with Gasteiger partial charge in [0.15, 0.2) is 0 Å². The van der Waals surface area contributed by atoms with Crippen LogP contribution in [0.15, 0.2) is 34.2 Å². The highest BCUT2D eigenvalue weighted by Gasteiger charge is 2.33. The van der Waals surface area contributed by atoms with Crippen LogP contribution in [0, 0.1) is 0 Å². The molecule has 0 spiro atoms. The Labute approximate surface area is 118 Å². The number of hydrogen-bond donors (Lipinski definition) is 2. The van der Waals surface area contributed by atoms with E-state index in [0.29, 0.717) is 11.4 Å². The van der Waals surface area contributed by atoms with Crippen molar-refractivity contribution in [3.8, 4) is 0 Å². The first kappa shape index (κ1) is 13.6. The van der Waals surface area contributed by atoms with Gasteiger partial charge in [0.1, 0.15) is 5.84 Å². The molecule has 2 aliphatic rings. The highest BCUT2D eigenvalue weighted by atomic mass is 32.2. The Morgan fingerprint density at radius 3 is 2.65 bits per heavy atom. The van der Waals surface area contributed by atoms with Crippen molar-refractivity contribution < 1.29 is 13.5 Å². The van der Waals surface area contributed by atoms with Crippen molar-refractivity contribution in [3.05, 3.63) is 29.8 Å². The summed E-state index contributed by atoms with van der Waals surface area (Å²) < 4.78 is 26.3. The third kappa shape index (κ3) is 2.45. The van der Waals surface area contributed by atoms with E-state index in [0.717, 1.165) is 32.1 Å². The summed E-state index contributed by atoms with van der Waals surface area (Å²) in [5, 5.41) is 10.4. The van der Waals surface area contributed by atoms with Crippen molar-refractivity contribution in [2.24, 2.45) is 4.99 Å². The van der Waals surface area contributed by atoms with Crippen molar-refractivity contribution >= 4 is 15.9 Å². The van der Waals surface area contributed by atoms with Crippen LogP contribution >= 0.6 is 0 Å². The molecule has 0 bridgehead atoms. The number of rotatable bonds is 2. The van der Waals surface area contributed by atoms with E-state index < -0.39 is 15.6 Å². The van der Waals surface area contributed by atoms with Gasteiger partial charge in [0, 0.05) is 5.56 Å². The quantitative estimate of drug-likeness (QED) is 0.866. The molecule has 108 valence electrons. The van der Waals surface area contributed by atoms with Gasteiger partial charge in [0.25, 0.3) is 10.0 Å². The monoisotopic (exact) mass is 294 g/mol. The van der Waals surface area contributed by atoms with Gasteiger partial charge in [-0.1, -0.05) is 31.4 Å². The first-order valence-electron chi connectivity index (χ1n) is 6.89. The van der Waals surface area contributed by atoms with Crippen LogP contribution in [0.1, 0.15) is 37.7 Å². The summed E-state index contributed by atoms with van der Waals surface area (Å²) in [6.07, 6.45) is 4.62. The lowest BCUT2D eigenvalue weighted by Gasteiger charge is -2.30. The fraction of sp³-hybridized carbons (Fsp3) is 0.500. The van der Waals surface area contributed by atoms with Gasteiger partial charge in [0.05, 0.1) is 17.0 Å². The second-order valence-corrected chi connectivity index (χ2v) is 7.20. The zero-order chi connectivity index (χ0) is 14.2. The molecule has 0 amide bonds. The standard InChI is InChI=1S/C14H18N2O3S/c17-14(8-4-1-5-9-14)10-15-13-11-6-2-3-7-12(11)20(18,19)16-13/h2-3,6-7,17H,1,4-5,8-10H2,(H,15,16). The number of sulfonamides is 1. The van der Waals surface area contributed by atoms with Crippen LogP contribution in [0.2, 0.25) is 0 Å². The molecule has 0 atom stereocenters. The molecule has 1 heterocycles. The minimum absolute atomic E-state index is 0.249. The van der Waals surface area contributed by atoms with Gasteiger partial charge in [-0.25, -0.2) is 8.42 Å². The Morgan fingerprint density at radius 1 is 1.20 bits per heavy atom. The van der Waals surface area contributed by atoms with E-state index >= 15 is 0 Å². The van der Waals surface area contributed by atoms with Gasteiger partial charge in [-0.3, -0.25) is 9.71 Å². The molecular formula is C14H18N2O3S.